The highest BCUT2D eigenvalue weighted by Gasteiger charge is 2.52. The monoisotopic (exact) mass is 1920 g/mol. The number of ether oxygens (including phenoxy) is 9. The van der Waals surface area contributed by atoms with E-state index in [0.29, 0.717) is 0 Å². The number of hydrogen-bond acceptors (Lipinski definition) is 33. The number of halogens is 3. The molecule has 25 N–H and O–H groups in total. The van der Waals surface area contributed by atoms with Gasteiger partial charge in [-0.05, 0) is 147 Å². The lowest BCUT2D eigenvalue weighted by Crippen LogP contribution is -2.65. The first kappa shape index (κ1) is 92.0. The van der Waals surface area contributed by atoms with Gasteiger partial charge in [-0.25, -0.2) is 4.79 Å². The molecule has 0 aliphatic carbocycles. The summed E-state index contributed by atoms with van der Waals surface area (Å²) < 4.78 is 57.3. The largest absolute Gasteiger partial charge is 0.508 e. The SMILES string of the molecule is CC(=O)N[C@H]1C(O)[C@H](O)C(CO)O[C@H]1O[C@@H]1c2ccc(c(Cl)c2)Oc2cc3cc(c2O[C@@H]2OC(CO)[C@@H](O)[C@H](O)C2NC(=O)CC(C)O)Oc2ccc(cc2Cl)C[C@H]2NC(=O)[C@H](N)c4ccc(O)c(c4)Oc4cc(O)cc(c4)[C@H](NC2=O)C(=O)N[C@H]3C(=O)N[C@H]2C(=O)N[C@@H]1C(=O)N[C@H](C(=O)O)c1cc(O)cc(O[C@H]3OC(CO)[C@@H](O)[C@@H](O)C3O)c1-c1cc2ccc1I. The number of aliphatic hydroxyl groups excluding tert-OH is 11. The number of amides is 8. The Kier molecular flexibility index (Phi) is 27.6. The van der Waals surface area contributed by atoms with E-state index in [1.165, 1.54) is 49.4 Å². The highest BCUT2D eigenvalue weighted by atomic mass is 127. The molecule has 42 nitrogen and oxygen atoms in total. The second kappa shape index (κ2) is 38.0. The van der Waals surface area contributed by atoms with Gasteiger partial charge in [0, 0.05) is 40.2 Å². The van der Waals surface area contributed by atoms with Crippen LogP contribution in [0.25, 0.3) is 11.1 Å². The molecule has 0 spiro atoms. The lowest BCUT2D eigenvalue weighted by Gasteiger charge is -2.44. The molecule has 0 radical (unpaired) electrons. The summed E-state index contributed by atoms with van der Waals surface area (Å²) in [6, 6.07) is 1.79. The number of carboxylic acid groups (broad SMARTS) is 1. The van der Waals surface area contributed by atoms with Crippen LogP contribution >= 0.6 is 45.8 Å². The number of nitrogens with one attached hydrogen (secondary N) is 8. The van der Waals surface area contributed by atoms with Crippen molar-refractivity contribution in [2.75, 3.05) is 19.8 Å². The Morgan fingerprint density at radius 3 is 1.70 bits per heavy atom. The molecule has 9 aliphatic rings. The van der Waals surface area contributed by atoms with Gasteiger partial charge in [0.1, 0.15) is 150 Å². The summed E-state index contributed by atoms with van der Waals surface area (Å²) in [7, 11) is 0. The third-order valence-electron chi connectivity index (χ3n) is 21.9. The molecule has 676 valence electrons. The highest BCUT2D eigenvalue weighted by Crippen LogP contribution is 2.51. The molecule has 7 aromatic carbocycles. The standard InChI is InChI=1S/C82H84Cl2IN9O33/c1-27(98)11-54(103)89-62-68(108)65(105)52(25-96)124-81(62)127-72-49-19-34-20-50(72)121-46-10-6-32(17-41(46)84)71(126-80-61(87-28(2)99)67(107)64(104)51(24-95)123-80)63-78(116)93-60(79(117)118)39-22-36(101)23-48(122-82-70(110)69(109)66(106)53(26-97)125-82)55(39)38-16-31(4-7-42(38)85)57(75(113)94-63)91-77(115)59(34)92-76(114)58-33-14-35(100)21-37(15-33)119-47-18-30(5-8-44(47)102)56(86)74(112)88-43(73(111)90-58)13-29-3-9-45(120-49)40(83)12-29/h3-10,12,14-23,27,43,51-53,56-71,80-82,95-98,100-102,104-110H,11,13,24-26,86H2,1-2H3,(H,87,99)(H,88,112)(H,89,103)(H,90,111)(H,91,115)(H,92,114)(H,93,116)(H,94,113)(H,117,118)/t27?,43-,51?,52?,53?,56-,57-,58+,59-,60+,61+,62?,63+,64-,65-,66-,67?,68-,69-,70?,71-,80+,81+,82+/m1/s1. The van der Waals surface area contributed by atoms with Crippen LogP contribution in [0.5, 0.6) is 63.2 Å². The van der Waals surface area contributed by atoms with E-state index in [1.807, 2.05) is 0 Å². The molecule has 17 bridgehead atoms. The summed E-state index contributed by atoms with van der Waals surface area (Å²) in [5.74, 6) is -18.6. The van der Waals surface area contributed by atoms with Crippen molar-refractivity contribution in [3.63, 3.8) is 0 Å². The molecule has 7 aromatic rings. The second-order valence-corrected chi connectivity index (χ2v) is 32.8. The van der Waals surface area contributed by atoms with Crippen molar-refractivity contribution in [1.29, 1.82) is 0 Å². The lowest BCUT2D eigenvalue weighted by molar-refractivity contribution is -0.284. The fraction of sp³-hybridized carbons (Fsp3) is 0.378. The maximum absolute atomic E-state index is 17.0. The van der Waals surface area contributed by atoms with Crippen LogP contribution in [0.4, 0.5) is 0 Å². The molecular weight excluding hydrogens is 1840 g/mol. The first-order chi connectivity index (χ1) is 60.4. The van der Waals surface area contributed by atoms with Crippen molar-refractivity contribution in [2.45, 2.75) is 173 Å². The zero-order chi connectivity index (χ0) is 91.3. The molecule has 16 rings (SSSR count). The van der Waals surface area contributed by atoms with Crippen molar-refractivity contribution in [3.8, 4) is 74.4 Å². The Balaban J connectivity index is 1.05. The minimum Gasteiger partial charge on any atom is -0.508 e. The maximum atomic E-state index is 17.0. The van der Waals surface area contributed by atoms with Crippen LogP contribution in [0.15, 0.2) is 115 Å². The van der Waals surface area contributed by atoms with Gasteiger partial charge in [-0.2, -0.15) is 0 Å². The van der Waals surface area contributed by atoms with Crippen LogP contribution < -0.4 is 72.0 Å². The third kappa shape index (κ3) is 19.4. The predicted octanol–water partition coefficient (Wildman–Crippen LogP) is -1.31. The van der Waals surface area contributed by atoms with E-state index in [-0.39, 0.29) is 48.1 Å². The molecule has 0 saturated carbocycles. The number of phenolic OH excluding ortho intramolecular Hbond substituents is 3. The average molecular weight is 1920 g/mol. The molecule has 45 heteroatoms. The Bertz CT molecular complexity index is 5470. The summed E-state index contributed by atoms with van der Waals surface area (Å²) in [6.45, 7) is -0.906. The van der Waals surface area contributed by atoms with Crippen LogP contribution in [0, 0.1) is 3.57 Å². The van der Waals surface area contributed by atoms with Gasteiger partial charge in [-0.3, -0.25) is 38.4 Å². The first-order valence-corrected chi connectivity index (χ1v) is 40.9. The number of aliphatic hydroxyl groups is 11. The number of carbonyl (C=O) groups is 9. The van der Waals surface area contributed by atoms with Gasteiger partial charge in [0.2, 0.25) is 65.6 Å². The summed E-state index contributed by atoms with van der Waals surface area (Å²) >= 11 is 16.4. The Hall–Kier alpha value is -11.2. The minimum atomic E-state index is -2.56. The number of rotatable bonds is 14. The van der Waals surface area contributed by atoms with Gasteiger partial charge in [0.05, 0.1) is 42.4 Å². The van der Waals surface area contributed by atoms with Gasteiger partial charge >= 0.3 is 5.97 Å². The number of benzene rings is 7. The fourth-order valence-electron chi connectivity index (χ4n) is 15.5. The van der Waals surface area contributed by atoms with E-state index in [2.05, 4.69) is 42.5 Å². The number of fused-ring (bicyclic) bond motifs is 14. The molecule has 24 atom stereocenters. The normalized spacial score (nSPS) is 29.8. The van der Waals surface area contributed by atoms with E-state index in [9.17, 15) is 95.8 Å². The fourth-order valence-corrected chi connectivity index (χ4v) is 16.6. The van der Waals surface area contributed by atoms with E-state index in [4.69, 9.17) is 71.6 Å². The van der Waals surface area contributed by atoms with Crippen LogP contribution in [-0.4, -0.2) is 260 Å². The molecule has 9 heterocycles. The third-order valence-corrected chi connectivity index (χ3v) is 23.4. The minimum absolute atomic E-state index is 0.0264. The Morgan fingerprint density at radius 2 is 1.09 bits per heavy atom. The number of carboxylic acids is 1. The Labute approximate surface area is 740 Å². The number of hydrogen-bond donors (Lipinski definition) is 24. The van der Waals surface area contributed by atoms with E-state index in [1.54, 1.807) is 22.6 Å². The van der Waals surface area contributed by atoms with Crippen LogP contribution in [0.2, 0.25) is 10.0 Å². The molecule has 3 fully saturated rings. The number of carbonyl (C=O) groups excluding carboxylic acids is 8. The predicted molar refractivity (Wildman–Crippen MR) is 438 cm³/mol. The van der Waals surface area contributed by atoms with Gasteiger partial charge in [-0.15, -0.1) is 0 Å². The van der Waals surface area contributed by atoms with Crippen LogP contribution in [0.1, 0.15) is 95.5 Å². The van der Waals surface area contributed by atoms with Crippen LogP contribution in [-0.2, 0) is 68.5 Å². The smallest absolute Gasteiger partial charge is 0.330 e. The van der Waals surface area contributed by atoms with Crippen LogP contribution in [0.3, 0.4) is 0 Å². The van der Waals surface area contributed by atoms with Crippen molar-refractivity contribution in [1.82, 2.24) is 42.5 Å². The van der Waals surface area contributed by atoms with Gasteiger partial charge in [-0.1, -0.05) is 47.5 Å². The molecule has 127 heavy (non-hydrogen) atoms. The van der Waals surface area contributed by atoms with Gasteiger partial charge in [0.25, 0.3) is 0 Å². The van der Waals surface area contributed by atoms with Crippen molar-refractivity contribution >= 4 is 99.0 Å². The summed E-state index contributed by atoms with van der Waals surface area (Å²) in [6.07, 6.45) is -31.1. The van der Waals surface area contributed by atoms with Gasteiger partial charge in [0.15, 0.2) is 35.3 Å². The molecule has 9 aliphatic heterocycles. The number of phenols is 3. The molecule has 8 amide bonds. The molecule has 0 aromatic heterocycles. The highest BCUT2D eigenvalue weighted by molar-refractivity contribution is 14.1. The number of aliphatic carboxylic acids is 1. The molecular formula is C82H84Cl2IN9O33. The summed E-state index contributed by atoms with van der Waals surface area (Å²) in [4.78, 5) is 138. The van der Waals surface area contributed by atoms with Crippen molar-refractivity contribution in [3.05, 3.63) is 168 Å². The molecule has 7 unspecified atom stereocenters. The zero-order valence-corrected chi connectivity index (χ0v) is 69.8. The Morgan fingerprint density at radius 1 is 0.535 bits per heavy atom. The van der Waals surface area contributed by atoms with Crippen molar-refractivity contribution < 1.29 is 162 Å². The summed E-state index contributed by atoms with van der Waals surface area (Å²) in [5, 5.41) is 188. The van der Waals surface area contributed by atoms with Crippen molar-refractivity contribution in [2.24, 2.45) is 5.73 Å². The maximum Gasteiger partial charge on any atom is 0.330 e. The zero-order valence-electron chi connectivity index (χ0n) is 66.1. The van der Waals surface area contributed by atoms with E-state index in [0.717, 1.165) is 79.7 Å². The number of aromatic hydroxyl groups is 3. The molecule has 3 saturated heterocycles. The average Bonchev–Trinajstić information content (AvgIpc) is 0.755. The van der Waals surface area contributed by atoms with Gasteiger partial charge < -0.3 is 167 Å². The van der Waals surface area contributed by atoms with E-state index < -0.39 is 311 Å². The number of nitrogens with two attached hydrogens (primary N) is 1. The lowest BCUT2D eigenvalue weighted by atomic mass is 9.90. The first-order valence-electron chi connectivity index (χ1n) is 39.1. The van der Waals surface area contributed by atoms with E-state index >= 15 is 24.0 Å². The second-order valence-electron chi connectivity index (χ2n) is 30.9. The topological polar surface area (TPSA) is 662 Å². The summed E-state index contributed by atoms with van der Waals surface area (Å²) in [5.41, 5.74) is 3.71. The quantitative estimate of drug-likeness (QED) is 0.0562.